The summed E-state index contributed by atoms with van der Waals surface area (Å²) < 4.78 is 0. The van der Waals surface area contributed by atoms with Crippen LogP contribution in [0.1, 0.15) is 37.3 Å². The van der Waals surface area contributed by atoms with Crippen molar-refractivity contribution in [2.45, 2.75) is 51.1 Å². The Hall–Kier alpha value is -1.02. The van der Waals surface area contributed by atoms with Gasteiger partial charge in [-0.2, -0.15) is 0 Å². The highest BCUT2D eigenvalue weighted by Crippen LogP contribution is 2.36. The van der Waals surface area contributed by atoms with Gasteiger partial charge < -0.3 is 10.6 Å². The lowest BCUT2D eigenvalue weighted by Crippen LogP contribution is -2.38. The van der Waals surface area contributed by atoms with Crippen LogP contribution in [0.4, 0.5) is 5.69 Å². The monoisotopic (exact) mass is 230 g/mol. The minimum atomic E-state index is 0.261. The summed E-state index contributed by atoms with van der Waals surface area (Å²) in [6, 6.07) is 8.04. The van der Waals surface area contributed by atoms with Crippen LogP contribution >= 0.6 is 0 Å². The summed E-state index contributed by atoms with van der Waals surface area (Å²) in [5, 5.41) is 0. The highest BCUT2D eigenvalue weighted by Gasteiger charge is 2.29. The Labute approximate surface area is 104 Å². The molecule has 1 heterocycles. The molecule has 0 amide bonds. The van der Waals surface area contributed by atoms with E-state index in [1.165, 1.54) is 49.0 Å². The molecule has 0 aromatic heterocycles. The Morgan fingerprint density at radius 1 is 1.41 bits per heavy atom. The molecule has 92 valence electrons. The fourth-order valence-corrected chi connectivity index (χ4v) is 3.06. The van der Waals surface area contributed by atoms with Crippen LogP contribution in [0.3, 0.4) is 0 Å². The molecule has 0 spiro atoms. The second-order valence-electron chi connectivity index (χ2n) is 5.67. The van der Waals surface area contributed by atoms with Gasteiger partial charge in [-0.25, -0.2) is 0 Å². The molecule has 2 nitrogen and oxygen atoms in total. The molecule has 0 bridgehead atoms. The van der Waals surface area contributed by atoms with Gasteiger partial charge in [0.2, 0.25) is 0 Å². The molecule has 1 fully saturated rings. The minimum absolute atomic E-state index is 0.261. The van der Waals surface area contributed by atoms with E-state index in [1.54, 1.807) is 0 Å². The summed E-state index contributed by atoms with van der Waals surface area (Å²) in [5.74, 6) is 0. The van der Waals surface area contributed by atoms with Crippen molar-refractivity contribution in [1.29, 1.82) is 0 Å². The van der Waals surface area contributed by atoms with Crippen molar-refractivity contribution in [1.82, 2.24) is 0 Å². The lowest BCUT2D eigenvalue weighted by Gasteiger charge is -2.36. The van der Waals surface area contributed by atoms with E-state index in [4.69, 9.17) is 5.73 Å². The zero-order chi connectivity index (χ0) is 11.8. The maximum Gasteiger partial charge on any atom is 0.0402 e. The molecule has 1 aliphatic heterocycles. The average molecular weight is 230 g/mol. The third-order valence-electron chi connectivity index (χ3n) is 4.15. The summed E-state index contributed by atoms with van der Waals surface area (Å²) >= 11 is 0. The van der Waals surface area contributed by atoms with E-state index in [0.29, 0.717) is 0 Å². The zero-order valence-electron chi connectivity index (χ0n) is 10.7. The van der Waals surface area contributed by atoms with Crippen LogP contribution in [0.15, 0.2) is 18.2 Å². The standard InChI is InChI=1S/C15H22N2/c1-11(16)9-12-5-6-15-13(10-12)7-8-17(15)14-3-2-4-14/h5-6,10-11,14H,2-4,7-9,16H2,1H3. The Kier molecular flexibility index (Phi) is 2.83. The van der Waals surface area contributed by atoms with Gasteiger partial charge in [0, 0.05) is 24.3 Å². The van der Waals surface area contributed by atoms with E-state index in [-0.39, 0.29) is 6.04 Å². The summed E-state index contributed by atoms with van der Waals surface area (Å²) in [4.78, 5) is 2.62. The summed E-state index contributed by atoms with van der Waals surface area (Å²) in [7, 11) is 0. The molecule has 2 N–H and O–H groups in total. The third-order valence-corrected chi connectivity index (χ3v) is 4.15. The molecule has 0 saturated heterocycles. The van der Waals surface area contributed by atoms with Gasteiger partial charge in [-0.05, 0) is 56.2 Å². The average Bonchev–Trinajstić information content (AvgIpc) is 2.58. The van der Waals surface area contributed by atoms with Gasteiger partial charge in [-0.15, -0.1) is 0 Å². The second kappa shape index (κ2) is 4.34. The SMILES string of the molecule is CC(N)Cc1ccc2c(c1)CCN2C1CCC1. The first kappa shape index (κ1) is 11.1. The molecule has 2 heteroatoms. The number of rotatable bonds is 3. The minimum Gasteiger partial charge on any atom is -0.368 e. The van der Waals surface area contributed by atoms with Gasteiger partial charge in [-0.3, -0.25) is 0 Å². The van der Waals surface area contributed by atoms with Crippen molar-refractivity contribution in [2.75, 3.05) is 11.4 Å². The molecule has 1 atom stereocenters. The first-order valence-electron chi connectivity index (χ1n) is 6.88. The third kappa shape index (κ3) is 2.06. The molecule has 2 aliphatic rings. The molecule has 1 aliphatic carbocycles. The van der Waals surface area contributed by atoms with Crippen molar-refractivity contribution in [3.05, 3.63) is 29.3 Å². The maximum absolute atomic E-state index is 5.87. The number of nitrogens with zero attached hydrogens (tertiary/aromatic N) is 1. The van der Waals surface area contributed by atoms with Crippen molar-refractivity contribution >= 4 is 5.69 Å². The second-order valence-corrected chi connectivity index (χ2v) is 5.67. The Balaban J connectivity index is 1.80. The Morgan fingerprint density at radius 3 is 2.88 bits per heavy atom. The van der Waals surface area contributed by atoms with E-state index >= 15 is 0 Å². The Morgan fingerprint density at radius 2 is 2.24 bits per heavy atom. The molecule has 1 aromatic carbocycles. The van der Waals surface area contributed by atoms with Gasteiger partial charge in [0.25, 0.3) is 0 Å². The van der Waals surface area contributed by atoms with Gasteiger partial charge in [0.1, 0.15) is 0 Å². The number of hydrogen-bond donors (Lipinski definition) is 1. The fraction of sp³-hybridized carbons (Fsp3) is 0.600. The van der Waals surface area contributed by atoms with Gasteiger partial charge in [0.05, 0.1) is 0 Å². The van der Waals surface area contributed by atoms with Crippen molar-refractivity contribution in [2.24, 2.45) is 5.73 Å². The van der Waals surface area contributed by atoms with E-state index in [9.17, 15) is 0 Å². The zero-order valence-corrected chi connectivity index (χ0v) is 10.7. The van der Waals surface area contributed by atoms with Crippen LogP contribution in [-0.2, 0) is 12.8 Å². The molecule has 0 radical (unpaired) electrons. The maximum atomic E-state index is 5.87. The highest BCUT2D eigenvalue weighted by atomic mass is 15.2. The molecule has 17 heavy (non-hydrogen) atoms. The predicted molar refractivity (Wildman–Crippen MR) is 72.5 cm³/mol. The summed E-state index contributed by atoms with van der Waals surface area (Å²) in [5.41, 5.74) is 10.3. The number of benzene rings is 1. The van der Waals surface area contributed by atoms with Crippen LogP contribution in [0.2, 0.25) is 0 Å². The van der Waals surface area contributed by atoms with Gasteiger partial charge >= 0.3 is 0 Å². The largest absolute Gasteiger partial charge is 0.368 e. The smallest absolute Gasteiger partial charge is 0.0402 e. The van der Waals surface area contributed by atoms with Gasteiger partial charge in [-0.1, -0.05) is 12.1 Å². The van der Waals surface area contributed by atoms with Crippen molar-refractivity contribution < 1.29 is 0 Å². The topological polar surface area (TPSA) is 29.3 Å². The van der Waals surface area contributed by atoms with Crippen LogP contribution in [0.25, 0.3) is 0 Å². The first-order valence-corrected chi connectivity index (χ1v) is 6.88. The molecular formula is C15H22N2. The molecular weight excluding hydrogens is 208 g/mol. The van der Waals surface area contributed by atoms with Crippen LogP contribution in [-0.4, -0.2) is 18.6 Å². The van der Waals surface area contributed by atoms with Crippen LogP contribution in [0.5, 0.6) is 0 Å². The number of anilines is 1. The summed E-state index contributed by atoms with van der Waals surface area (Å²) in [6.07, 6.45) is 6.41. The van der Waals surface area contributed by atoms with E-state index < -0.39 is 0 Å². The quantitative estimate of drug-likeness (QED) is 0.864. The van der Waals surface area contributed by atoms with Crippen molar-refractivity contribution in [3.8, 4) is 0 Å². The highest BCUT2D eigenvalue weighted by molar-refractivity contribution is 5.60. The van der Waals surface area contributed by atoms with Crippen LogP contribution < -0.4 is 10.6 Å². The fourth-order valence-electron chi connectivity index (χ4n) is 3.06. The lowest BCUT2D eigenvalue weighted by molar-refractivity contribution is 0.392. The lowest BCUT2D eigenvalue weighted by atomic mass is 9.91. The normalized spacial score (nSPS) is 21.2. The van der Waals surface area contributed by atoms with Gasteiger partial charge in [0.15, 0.2) is 0 Å². The Bertz CT molecular complexity index is 407. The van der Waals surface area contributed by atoms with E-state index in [1.807, 2.05) is 0 Å². The first-order chi connectivity index (χ1) is 8.24. The number of fused-ring (bicyclic) bond motifs is 1. The van der Waals surface area contributed by atoms with E-state index in [0.717, 1.165) is 12.5 Å². The molecule has 3 rings (SSSR count). The van der Waals surface area contributed by atoms with E-state index in [2.05, 4.69) is 30.0 Å². The molecule has 1 saturated carbocycles. The number of hydrogen-bond acceptors (Lipinski definition) is 2. The summed E-state index contributed by atoms with van der Waals surface area (Å²) in [6.45, 7) is 3.30. The molecule has 1 aromatic rings. The number of nitrogens with two attached hydrogens (primary N) is 1. The van der Waals surface area contributed by atoms with Crippen molar-refractivity contribution in [3.63, 3.8) is 0 Å². The molecule has 1 unspecified atom stereocenters. The van der Waals surface area contributed by atoms with Crippen LogP contribution in [0, 0.1) is 0 Å². The predicted octanol–water partition coefficient (Wildman–Crippen LogP) is 2.49.